The van der Waals surface area contributed by atoms with E-state index in [1.165, 1.54) is 6.07 Å². The lowest BCUT2D eigenvalue weighted by Crippen LogP contribution is -2.20. The molecule has 0 aliphatic heterocycles. The number of ether oxygens (including phenoxy) is 1. The van der Waals surface area contributed by atoms with Crippen LogP contribution in [0.4, 0.5) is 33.7 Å². The molecule has 2 aromatic carbocycles. The molecule has 0 fully saturated rings. The topological polar surface area (TPSA) is 79.0 Å². The van der Waals surface area contributed by atoms with Crippen molar-refractivity contribution >= 4 is 28.4 Å². The maximum atomic E-state index is 13.2. The Morgan fingerprint density at radius 2 is 1.73 bits per heavy atom. The van der Waals surface area contributed by atoms with Gasteiger partial charge in [0, 0.05) is 30.2 Å². The number of amides is 2. The van der Waals surface area contributed by atoms with Crippen LogP contribution >= 0.6 is 0 Å². The van der Waals surface area contributed by atoms with Crippen LogP contribution in [0.1, 0.15) is 11.1 Å². The number of H-pyrrole nitrogens is 1. The van der Waals surface area contributed by atoms with Crippen molar-refractivity contribution in [2.24, 2.45) is 0 Å². The molecule has 4 aromatic rings. The quantitative estimate of drug-likeness (QED) is 0.288. The highest BCUT2D eigenvalue weighted by Gasteiger charge is 2.33. The lowest BCUT2D eigenvalue weighted by atomic mass is 10.0. The monoisotopic (exact) mass is 458 g/mol. The number of carbonyl (C=O) groups is 1. The van der Waals surface area contributed by atoms with Crippen molar-refractivity contribution in [1.82, 2.24) is 9.97 Å². The van der Waals surface area contributed by atoms with Crippen LogP contribution in [0, 0.1) is 0 Å². The molecule has 0 saturated carbocycles. The first-order valence-corrected chi connectivity index (χ1v) is 9.87. The molecule has 2 aromatic heterocycles. The largest absolute Gasteiger partial charge is 0.457 e. The van der Waals surface area contributed by atoms with E-state index in [4.69, 9.17) is 4.74 Å². The SMILES string of the molecule is O=C(Nc1ccc(Oc2ccnc3[nH]ccc23)cc1)Nc1ccc(CCF)c(C(F)(F)F)c1. The first-order chi connectivity index (χ1) is 15.8. The molecule has 3 N–H and O–H groups in total. The van der Waals surface area contributed by atoms with Gasteiger partial charge in [-0.3, -0.25) is 4.39 Å². The number of aromatic amines is 1. The van der Waals surface area contributed by atoms with Crippen LogP contribution in [0.2, 0.25) is 0 Å². The number of carbonyl (C=O) groups excluding carboxylic acids is 1. The minimum Gasteiger partial charge on any atom is -0.457 e. The Kier molecular flexibility index (Phi) is 6.16. The fraction of sp³-hybridized carbons (Fsp3) is 0.130. The van der Waals surface area contributed by atoms with E-state index in [-0.39, 0.29) is 17.7 Å². The van der Waals surface area contributed by atoms with Crippen molar-refractivity contribution in [3.05, 3.63) is 78.1 Å². The van der Waals surface area contributed by atoms with Gasteiger partial charge >= 0.3 is 12.2 Å². The van der Waals surface area contributed by atoms with Gasteiger partial charge in [0.05, 0.1) is 17.6 Å². The highest BCUT2D eigenvalue weighted by molar-refractivity contribution is 5.99. The number of aromatic nitrogens is 2. The summed E-state index contributed by atoms with van der Waals surface area (Å²) in [4.78, 5) is 19.4. The van der Waals surface area contributed by atoms with Gasteiger partial charge in [-0.2, -0.15) is 13.2 Å². The molecule has 170 valence electrons. The third-order valence-electron chi connectivity index (χ3n) is 4.80. The van der Waals surface area contributed by atoms with Gasteiger partial charge in [0.2, 0.25) is 0 Å². The second-order valence-corrected chi connectivity index (χ2v) is 7.06. The van der Waals surface area contributed by atoms with E-state index in [2.05, 4.69) is 20.6 Å². The molecular formula is C23H18F4N4O2. The Morgan fingerprint density at radius 1 is 1.00 bits per heavy atom. The summed E-state index contributed by atoms with van der Waals surface area (Å²) in [6, 6.07) is 12.6. The lowest BCUT2D eigenvalue weighted by molar-refractivity contribution is -0.138. The number of nitrogens with zero attached hydrogens (tertiary/aromatic N) is 1. The molecule has 0 unspecified atom stereocenters. The first kappa shape index (κ1) is 22.1. The van der Waals surface area contributed by atoms with Gasteiger partial charge in [-0.25, -0.2) is 9.78 Å². The number of aryl methyl sites for hydroxylation is 1. The molecule has 0 atom stereocenters. The zero-order valence-corrected chi connectivity index (χ0v) is 17.0. The number of benzene rings is 2. The molecular weight excluding hydrogens is 440 g/mol. The summed E-state index contributed by atoms with van der Waals surface area (Å²) < 4.78 is 58.1. The molecule has 0 saturated heterocycles. The molecule has 2 heterocycles. The zero-order valence-electron chi connectivity index (χ0n) is 17.0. The Morgan fingerprint density at radius 3 is 2.45 bits per heavy atom. The highest BCUT2D eigenvalue weighted by atomic mass is 19.4. The Bertz CT molecular complexity index is 1270. The van der Waals surface area contributed by atoms with E-state index in [0.29, 0.717) is 22.8 Å². The number of fused-ring (bicyclic) bond motifs is 1. The molecule has 0 bridgehead atoms. The number of hydrogen-bond donors (Lipinski definition) is 3. The summed E-state index contributed by atoms with van der Waals surface area (Å²) in [6.45, 7) is -0.909. The minimum absolute atomic E-state index is 0.0596. The van der Waals surface area contributed by atoms with Crippen LogP contribution in [-0.2, 0) is 12.6 Å². The third-order valence-corrected chi connectivity index (χ3v) is 4.80. The van der Waals surface area contributed by atoms with E-state index in [1.807, 2.05) is 6.07 Å². The predicted molar refractivity (Wildman–Crippen MR) is 116 cm³/mol. The Balaban J connectivity index is 1.41. The van der Waals surface area contributed by atoms with Crippen LogP contribution in [0.3, 0.4) is 0 Å². The van der Waals surface area contributed by atoms with Crippen LogP contribution in [-0.4, -0.2) is 22.7 Å². The van der Waals surface area contributed by atoms with Crippen molar-refractivity contribution in [3.8, 4) is 11.5 Å². The summed E-state index contributed by atoms with van der Waals surface area (Å²) in [5.41, 5.74) is -0.110. The van der Waals surface area contributed by atoms with E-state index in [0.717, 1.165) is 17.5 Å². The number of halogens is 4. The maximum absolute atomic E-state index is 13.2. The van der Waals surface area contributed by atoms with Gasteiger partial charge in [0.1, 0.15) is 17.1 Å². The second kappa shape index (κ2) is 9.19. The number of nitrogens with one attached hydrogen (secondary N) is 3. The van der Waals surface area contributed by atoms with Crippen molar-refractivity contribution in [1.29, 1.82) is 0 Å². The van der Waals surface area contributed by atoms with Crippen molar-refractivity contribution in [2.45, 2.75) is 12.6 Å². The van der Waals surface area contributed by atoms with Gasteiger partial charge in [-0.05, 0) is 54.1 Å². The van der Waals surface area contributed by atoms with Crippen molar-refractivity contribution in [3.63, 3.8) is 0 Å². The number of alkyl halides is 4. The van der Waals surface area contributed by atoms with Crippen LogP contribution in [0.15, 0.2) is 67.0 Å². The van der Waals surface area contributed by atoms with E-state index in [9.17, 15) is 22.4 Å². The lowest BCUT2D eigenvalue weighted by Gasteiger charge is -2.15. The smallest absolute Gasteiger partial charge is 0.416 e. The fourth-order valence-electron chi connectivity index (χ4n) is 3.29. The molecule has 0 aliphatic rings. The number of anilines is 2. The van der Waals surface area contributed by atoms with Crippen LogP contribution < -0.4 is 15.4 Å². The molecule has 2 amide bonds. The summed E-state index contributed by atoms with van der Waals surface area (Å²) in [5, 5.41) is 5.72. The van der Waals surface area contributed by atoms with Crippen molar-refractivity contribution < 1.29 is 27.1 Å². The highest BCUT2D eigenvalue weighted by Crippen LogP contribution is 2.34. The minimum atomic E-state index is -4.66. The van der Waals surface area contributed by atoms with Crippen molar-refractivity contribution in [2.75, 3.05) is 17.3 Å². The second-order valence-electron chi connectivity index (χ2n) is 7.06. The van der Waals surface area contributed by atoms with Gasteiger partial charge in [0.25, 0.3) is 0 Å². The normalized spacial score (nSPS) is 11.4. The first-order valence-electron chi connectivity index (χ1n) is 9.87. The fourth-order valence-corrected chi connectivity index (χ4v) is 3.29. The average Bonchev–Trinajstić information content (AvgIpc) is 3.26. The van der Waals surface area contributed by atoms with Gasteiger partial charge in [-0.1, -0.05) is 6.07 Å². The number of pyridine rings is 1. The molecule has 6 nitrogen and oxygen atoms in total. The summed E-state index contributed by atoms with van der Waals surface area (Å²) in [6.07, 6.45) is -1.65. The summed E-state index contributed by atoms with van der Waals surface area (Å²) >= 11 is 0. The summed E-state index contributed by atoms with van der Waals surface area (Å²) in [5.74, 6) is 1.13. The standard InChI is InChI=1S/C23H18F4N4O2/c24-10-7-14-1-2-16(13-19(14)23(25,26)27)31-22(32)30-15-3-5-17(6-4-15)33-20-9-12-29-21-18(20)8-11-28-21/h1-6,8-9,11-13H,7,10H2,(H,28,29)(H2,30,31,32). The number of urea groups is 1. The van der Waals surface area contributed by atoms with Gasteiger partial charge in [-0.15, -0.1) is 0 Å². The Hall–Kier alpha value is -4.08. The number of rotatable bonds is 6. The summed E-state index contributed by atoms with van der Waals surface area (Å²) in [7, 11) is 0. The number of hydrogen-bond acceptors (Lipinski definition) is 3. The molecule has 0 spiro atoms. The van der Waals surface area contributed by atoms with Gasteiger partial charge in [0.15, 0.2) is 0 Å². The molecule has 33 heavy (non-hydrogen) atoms. The molecule has 0 radical (unpaired) electrons. The maximum Gasteiger partial charge on any atom is 0.416 e. The van der Waals surface area contributed by atoms with Gasteiger partial charge < -0.3 is 20.4 Å². The Labute approximate surface area is 185 Å². The molecule has 4 rings (SSSR count). The van der Waals surface area contributed by atoms with Crippen LogP contribution in [0.5, 0.6) is 11.5 Å². The van der Waals surface area contributed by atoms with E-state index in [1.54, 1.807) is 42.7 Å². The molecule has 0 aliphatic carbocycles. The third kappa shape index (κ3) is 5.22. The molecule has 10 heteroatoms. The van der Waals surface area contributed by atoms with E-state index >= 15 is 0 Å². The average molecular weight is 458 g/mol. The van der Waals surface area contributed by atoms with Crippen LogP contribution in [0.25, 0.3) is 11.0 Å². The van der Waals surface area contributed by atoms with E-state index < -0.39 is 24.4 Å². The zero-order chi connectivity index (χ0) is 23.4. The predicted octanol–water partition coefficient (Wildman–Crippen LogP) is 6.53.